The van der Waals surface area contributed by atoms with Crippen LogP contribution in [0.25, 0.3) is 5.83 Å². The van der Waals surface area contributed by atoms with Crippen LogP contribution in [0.2, 0.25) is 15.1 Å². The number of hydrogen-bond donors (Lipinski definition) is 2. The summed E-state index contributed by atoms with van der Waals surface area (Å²) in [5.41, 5.74) is -6.47. The maximum absolute atomic E-state index is 15.0. The third-order valence-corrected chi connectivity index (χ3v) is 7.06. The van der Waals surface area contributed by atoms with Crippen molar-refractivity contribution >= 4 is 52.4 Å². The van der Waals surface area contributed by atoms with Crippen LogP contribution in [0, 0.1) is 0 Å². The van der Waals surface area contributed by atoms with E-state index in [4.69, 9.17) is 34.8 Å². The highest BCUT2D eigenvalue weighted by Gasteiger charge is 2.52. The topological polar surface area (TPSA) is 58.2 Å². The van der Waals surface area contributed by atoms with Crippen LogP contribution >= 0.6 is 34.8 Å². The minimum absolute atomic E-state index is 0.0185. The molecule has 3 rings (SSSR count). The highest BCUT2D eigenvalue weighted by Crippen LogP contribution is 2.43. The first-order chi connectivity index (χ1) is 18.6. The van der Waals surface area contributed by atoms with E-state index >= 15 is 4.39 Å². The summed E-state index contributed by atoms with van der Waals surface area (Å²) in [6.07, 6.45) is -15.6. The maximum Gasteiger partial charge on any atom is 0.417 e. The lowest BCUT2D eigenvalue weighted by Gasteiger charge is -2.20. The molecule has 41 heavy (non-hydrogen) atoms. The van der Waals surface area contributed by atoms with Crippen molar-refractivity contribution in [3.8, 4) is 0 Å². The second kappa shape index (κ2) is 11.5. The van der Waals surface area contributed by atoms with Gasteiger partial charge in [-0.05, 0) is 48.7 Å². The second-order valence-electron chi connectivity index (χ2n) is 8.92. The molecule has 1 atom stereocenters. The Kier molecular flexibility index (Phi) is 9.22. The van der Waals surface area contributed by atoms with Crippen molar-refractivity contribution in [2.24, 2.45) is 0 Å². The van der Waals surface area contributed by atoms with Crippen molar-refractivity contribution in [2.45, 2.75) is 42.8 Å². The van der Waals surface area contributed by atoms with Gasteiger partial charge in [0.15, 0.2) is 0 Å². The summed E-state index contributed by atoms with van der Waals surface area (Å²) in [7, 11) is 0. The summed E-state index contributed by atoms with van der Waals surface area (Å²) in [4.78, 5) is 24.7. The van der Waals surface area contributed by atoms with E-state index < -0.39 is 86.5 Å². The lowest BCUT2D eigenvalue weighted by Crippen LogP contribution is -2.51. The number of alkyl halides is 9. The number of benzene rings is 2. The lowest BCUT2D eigenvalue weighted by atomic mass is 9.95. The van der Waals surface area contributed by atoms with Crippen molar-refractivity contribution in [2.75, 3.05) is 6.54 Å². The molecular weight excluding hydrogens is 645 g/mol. The Hall–Kier alpha value is -2.71. The highest BCUT2D eigenvalue weighted by molar-refractivity contribution is 6.48. The van der Waals surface area contributed by atoms with E-state index in [0.717, 1.165) is 12.1 Å². The van der Waals surface area contributed by atoms with Crippen LogP contribution in [-0.4, -0.2) is 36.3 Å². The molecule has 1 aliphatic rings. The zero-order chi connectivity index (χ0) is 31.1. The fourth-order valence-electron chi connectivity index (χ4n) is 3.67. The number of halogens is 13. The van der Waals surface area contributed by atoms with Crippen LogP contribution in [0.15, 0.2) is 36.4 Å². The van der Waals surface area contributed by atoms with E-state index in [0.29, 0.717) is 12.1 Å². The smallest absolute Gasteiger partial charge is 0.345 e. The molecule has 0 heterocycles. The molecule has 1 saturated carbocycles. The number of rotatable bonds is 7. The van der Waals surface area contributed by atoms with Crippen LogP contribution in [0.4, 0.5) is 43.9 Å². The summed E-state index contributed by atoms with van der Waals surface area (Å²) in [6.45, 7) is -1.75. The predicted octanol–water partition coefficient (Wildman–Crippen LogP) is 8.26. The summed E-state index contributed by atoms with van der Waals surface area (Å²) < 4.78 is 135. The Morgan fingerprint density at radius 2 is 1.49 bits per heavy atom. The van der Waals surface area contributed by atoms with Gasteiger partial charge in [0.2, 0.25) is 5.91 Å². The van der Waals surface area contributed by atoms with Crippen LogP contribution in [0.5, 0.6) is 0 Å². The first kappa shape index (κ1) is 32.8. The quantitative estimate of drug-likeness (QED) is 0.232. The van der Waals surface area contributed by atoms with Gasteiger partial charge in [-0.2, -0.15) is 39.5 Å². The van der Waals surface area contributed by atoms with E-state index in [1.165, 1.54) is 5.32 Å². The van der Waals surface area contributed by atoms with Gasteiger partial charge in [-0.15, -0.1) is 0 Å². The number of hydrogen-bond acceptors (Lipinski definition) is 2. The summed E-state index contributed by atoms with van der Waals surface area (Å²) in [5, 5.41) is 2.42. The third-order valence-electron chi connectivity index (χ3n) is 5.86. The second-order valence-corrected chi connectivity index (χ2v) is 10.1. The molecule has 0 radical (unpaired) electrons. The van der Waals surface area contributed by atoms with E-state index in [2.05, 4.69) is 0 Å². The fourth-order valence-corrected chi connectivity index (χ4v) is 4.28. The fraction of sp³-hybridized carbons (Fsp3) is 0.333. The molecule has 0 aliphatic heterocycles. The number of amides is 2. The SMILES string of the molecule is O=C(NC1(C(=O)NCC(F)(F)F)CC1)c1ccc(C(F)=CC(c2cc(Cl)c(Cl)c(Cl)c2)C(F)(F)F)cc1C(F)(F)F. The first-order valence-electron chi connectivity index (χ1n) is 11.1. The zero-order valence-electron chi connectivity index (χ0n) is 19.9. The van der Waals surface area contributed by atoms with E-state index in [-0.39, 0.29) is 30.0 Å². The molecule has 17 heteroatoms. The molecule has 2 amide bonds. The van der Waals surface area contributed by atoms with Gasteiger partial charge in [0.1, 0.15) is 23.8 Å². The van der Waals surface area contributed by atoms with E-state index in [1.807, 2.05) is 5.32 Å². The summed E-state index contributed by atoms with van der Waals surface area (Å²) >= 11 is 17.2. The molecule has 224 valence electrons. The molecule has 1 fully saturated rings. The van der Waals surface area contributed by atoms with Gasteiger partial charge in [0.05, 0.1) is 26.2 Å². The Bertz CT molecular complexity index is 1360. The van der Waals surface area contributed by atoms with Gasteiger partial charge in [-0.3, -0.25) is 9.59 Å². The minimum Gasteiger partial charge on any atom is -0.345 e. The number of carbonyl (C=O) groups is 2. The molecule has 2 N–H and O–H groups in total. The Balaban J connectivity index is 1.96. The Labute approximate surface area is 239 Å². The van der Waals surface area contributed by atoms with Crippen molar-refractivity contribution < 1.29 is 53.5 Å². The van der Waals surface area contributed by atoms with Gasteiger partial charge in [-0.25, -0.2) is 4.39 Å². The van der Waals surface area contributed by atoms with Crippen LogP contribution in [0.1, 0.15) is 45.8 Å². The number of carbonyl (C=O) groups excluding carboxylic acids is 2. The normalized spacial score (nSPS) is 16.3. The first-order valence-corrected chi connectivity index (χ1v) is 12.3. The predicted molar refractivity (Wildman–Crippen MR) is 129 cm³/mol. The number of nitrogens with one attached hydrogen (secondary N) is 2. The lowest BCUT2D eigenvalue weighted by molar-refractivity contribution is -0.140. The van der Waals surface area contributed by atoms with Gasteiger partial charge in [-0.1, -0.05) is 40.9 Å². The molecule has 2 aromatic rings. The van der Waals surface area contributed by atoms with Crippen molar-refractivity contribution in [1.82, 2.24) is 10.6 Å². The van der Waals surface area contributed by atoms with E-state index in [1.54, 1.807) is 0 Å². The monoisotopic (exact) mass is 658 g/mol. The van der Waals surface area contributed by atoms with Crippen LogP contribution < -0.4 is 10.6 Å². The molecule has 2 aromatic carbocycles. The van der Waals surface area contributed by atoms with Gasteiger partial charge < -0.3 is 10.6 Å². The molecule has 0 saturated heterocycles. The van der Waals surface area contributed by atoms with E-state index in [9.17, 15) is 49.1 Å². The zero-order valence-corrected chi connectivity index (χ0v) is 22.2. The average molecular weight is 660 g/mol. The van der Waals surface area contributed by atoms with Crippen LogP contribution in [-0.2, 0) is 11.0 Å². The van der Waals surface area contributed by atoms with Gasteiger partial charge in [0.25, 0.3) is 5.91 Å². The van der Waals surface area contributed by atoms with Gasteiger partial charge >= 0.3 is 18.5 Å². The van der Waals surface area contributed by atoms with Gasteiger partial charge in [0, 0.05) is 5.56 Å². The molecule has 0 aromatic heterocycles. The molecule has 0 spiro atoms. The van der Waals surface area contributed by atoms with Crippen molar-refractivity contribution in [3.05, 3.63) is 73.7 Å². The Morgan fingerprint density at radius 1 is 0.927 bits per heavy atom. The van der Waals surface area contributed by atoms with Crippen LogP contribution in [0.3, 0.4) is 0 Å². The maximum atomic E-state index is 15.0. The molecular formula is C24H15Cl3F10N2O2. The molecule has 0 bridgehead atoms. The minimum atomic E-state index is -5.33. The summed E-state index contributed by atoms with van der Waals surface area (Å²) in [6, 6.07) is 2.65. The molecule has 4 nitrogen and oxygen atoms in total. The van der Waals surface area contributed by atoms with Crippen molar-refractivity contribution in [3.63, 3.8) is 0 Å². The Morgan fingerprint density at radius 3 is 1.95 bits per heavy atom. The average Bonchev–Trinajstić information content (AvgIpc) is 3.62. The summed E-state index contributed by atoms with van der Waals surface area (Å²) in [5.74, 6) is -7.27. The highest BCUT2D eigenvalue weighted by atomic mass is 35.5. The van der Waals surface area contributed by atoms with Crippen molar-refractivity contribution in [1.29, 1.82) is 0 Å². The third kappa shape index (κ3) is 7.98. The standard InChI is InChI=1S/C24H15Cl3F10N2O2/c25-15-6-11(7-16(26)18(15)27)13(23(32,33)34)8-17(28)10-1-2-12(14(5-10)24(35,36)37)19(40)39-21(3-4-21)20(41)38-9-22(29,30)31/h1-2,5-8,13H,3-4,9H2,(H,38,41)(H,39,40). The number of allylic oxidation sites excluding steroid dienone is 1. The largest absolute Gasteiger partial charge is 0.417 e. The molecule has 1 aliphatic carbocycles. The molecule has 1 unspecified atom stereocenters.